The van der Waals surface area contributed by atoms with Gasteiger partial charge >= 0.3 is 0 Å². The van der Waals surface area contributed by atoms with Gasteiger partial charge in [0.2, 0.25) is 0 Å². The Morgan fingerprint density at radius 1 is 1.00 bits per heavy atom. The highest BCUT2D eigenvalue weighted by molar-refractivity contribution is 5.60. The molecule has 0 fully saturated rings. The van der Waals surface area contributed by atoms with E-state index in [1.165, 1.54) is 0 Å². The summed E-state index contributed by atoms with van der Waals surface area (Å²) in [5.74, 6) is 3.18. The number of nitrogen functional groups attached to an aromatic ring is 1. The molecule has 4 N–H and O–H groups in total. The minimum atomic E-state index is -0.842. The number of rotatable bonds is 3. The summed E-state index contributed by atoms with van der Waals surface area (Å²) in [7, 11) is 0. The Kier molecular flexibility index (Phi) is 3.62. The molecule has 1 aromatic carbocycles. The second-order valence-corrected chi connectivity index (χ2v) is 4.22. The van der Waals surface area contributed by atoms with Gasteiger partial charge in [0.15, 0.2) is 23.3 Å². The van der Waals surface area contributed by atoms with Gasteiger partial charge in [0, 0.05) is 11.8 Å². The van der Waals surface area contributed by atoms with Crippen LogP contribution in [0.2, 0.25) is 0 Å². The number of nitrogens with zero attached hydrogens (tertiary/aromatic N) is 1. The van der Waals surface area contributed by atoms with E-state index < -0.39 is 11.6 Å². The molecule has 0 spiro atoms. The predicted molar refractivity (Wildman–Crippen MR) is 71.2 cm³/mol. The molecule has 100 valence electrons. The summed E-state index contributed by atoms with van der Waals surface area (Å²) < 4.78 is 26.8. The number of halogens is 2. The lowest BCUT2D eigenvalue weighted by Crippen LogP contribution is -2.12. The van der Waals surface area contributed by atoms with E-state index in [9.17, 15) is 8.78 Å². The molecule has 2 rings (SSSR count). The van der Waals surface area contributed by atoms with Crippen LogP contribution in [0.25, 0.3) is 0 Å². The van der Waals surface area contributed by atoms with Crippen LogP contribution < -0.4 is 16.6 Å². The van der Waals surface area contributed by atoms with Gasteiger partial charge in [0.05, 0.1) is 0 Å². The molecule has 2 aromatic rings. The Bertz CT molecular complexity index is 614. The molecule has 0 amide bonds. The second-order valence-electron chi connectivity index (χ2n) is 4.22. The third-order valence-electron chi connectivity index (χ3n) is 2.84. The van der Waals surface area contributed by atoms with Crippen LogP contribution in [0.1, 0.15) is 11.1 Å². The lowest BCUT2D eigenvalue weighted by Gasteiger charge is -2.10. The topological polar surface area (TPSA) is 63.0 Å². The molecule has 4 nitrogen and oxygen atoms in total. The zero-order chi connectivity index (χ0) is 14.0. The SMILES string of the molecule is Cc1ccc(Nc2nc(NN)c(F)cc2F)cc1C. The number of aryl methyl sites for hydroxylation is 2. The highest BCUT2D eigenvalue weighted by Gasteiger charge is 2.11. The fourth-order valence-electron chi connectivity index (χ4n) is 1.61. The van der Waals surface area contributed by atoms with E-state index in [2.05, 4.69) is 15.7 Å². The van der Waals surface area contributed by atoms with Crippen molar-refractivity contribution in [1.82, 2.24) is 4.98 Å². The summed E-state index contributed by atoms with van der Waals surface area (Å²) in [5.41, 5.74) is 4.93. The van der Waals surface area contributed by atoms with Crippen molar-refractivity contribution in [2.24, 2.45) is 5.84 Å². The summed E-state index contributed by atoms with van der Waals surface area (Å²) in [6, 6.07) is 6.28. The predicted octanol–water partition coefficient (Wildman–Crippen LogP) is 3.01. The van der Waals surface area contributed by atoms with Gasteiger partial charge in [-0.3, -0.25) is 0 Å². The number of anilines is 3. The Balaban J connectivity index is 2.34. The van der Waals surface area contributed by atoms with Crippen LogP contribution in [0, 0.1) is 25.5 Å². The average Bonchev–Trinajstić information content (AvgIpc) is 2.37. The normalized spacial score (nSPS) is 10.4. The fraction of sp³-hybridized carbons (Fsp3) is 0.154. The number of pyridine rings is 1. The summed E-state index contributed by atoms with van der Waals surface area (Å²) in [6.07, 6.45) is 0. The fourth-order valence-corrected chi connectivity index (χ4v) is 1.61. The van der Waals surface area contributed by atoms with Crippen LogP contribution in [-0.4, -0.2) is 4.98 Å². The molecular formula is C13H14F2N4. The molecule has 6 heteroatoms. The van der Waals surface area contributed by atoms with Crippen molar-refractivity contribution in [2.45, 2.75) is 13.8 Å². The van der Waals surface area contributed by atoms with Crippen molar-refractivity contribution < 1.29 is 8.78 Å². The zero-order valence-corrected chi connectivity index (χ0v) is 10.6. The van der Waals surface area contributed by atoms with Crippen LogP contribution in [0.4, 0.5) is 26.1 Å². The molecular weight excluding hydrogens is 250 g/mol. The first-order chi connectivity index (χ1) is 9.01. The maximum absolute atomic E-state index is 13.6. The number of nitrogens with two attached hydrogens (primary N) is 1. The molecule has 0 atom stereocenters. The maximum atomic E-state index is 13.6. The van der Waals surface area contributed by atoms with E-state index >= 15 is 0 Å². The number of hydrogen-bond acceptors (Lipinski definition) is 4. The Hall–Kier alpha value is -2.21. The van der Waals surface area contributed by atoms with Gasteiger partial charge in [0.25, 0.3) is 0 Å². The molecule has 0 radical (unpaired) electrons. The molecule has 0 aliphatic heterocycles. The molecule has 0 aliphatic rings. The standard InChI is InChI=1S/C13H14F2N4/c1-7-3-4-9(5-8(7)2)17-12-10(14)6-11(15)13(18-12)19-16/h3-6H,16H2,1-2H3,(H2,17,18,19). The first-order valence-corrected chi connectivity index (χ1v) is 5.68. The van der Waals surface area contributed by atoms with Crippen molar-refractivity contribution >= 4 is 17.3 Å². The van der Waals surface area contributed by atoms with E-state index in [0.717, 1.165) is 17.2 Å². The molecule has 0 bridgehead atoms. The third kappa shape index (κ3) is 2.79. The van der Waals surface area contributed by atoms with Crippen molar-refractivity contribution in [3.05, 3.63) is 47.0 Å². The van der Waals surface area contributed by atoms with Gasteiger partial charge in [-0.05, 0) is 37.1 Å². The van der Waals surface area contributed by atoms with E-state index in [-0.39, 0.29) is 11.6 Å². The van der Waals surface area contributed by atoms with Crippen LogP contribution in [0.5, 0.6) is 0 Å². The Morgan fingerprint density at radius 3 is 2.32 bits per heavy atom. The van der Waals surface area contributed by atoms with Gasteiger partial charge < -0.3 is 10.7 Å². The largest absolute Gasteiger partial charge is 0.338 e. The van der Waals surface area contributed by atoms with E-state index in [0.29, 0.717) is 5.69 Å². The minimum Gasteiger partial charge on any atom is -0.338 e. The van der Waals surface area contributed by atoms with Gasteiger partial charge in [-0.15, -0.1) is 0 Å². The Morgan fingerprint density at radius 2 is 1.68 bits per heavy atom. The van der Waals surface area contributed by atoms with Gasteiger partial charge in [0.1, 0.15) is 0 Å². The summed E-state index contributed by atoms with van der Waals surface area (Å²) >= 11 is 0. The molecule has 0 saturated heterocycles. The van der Waals surface area contributed by atoms with Crippen molar-refractivity contribution in [3.8, 4) is 0 Å². The van der Waals surface area contributed by atoms with E-state index in [4.69, 9.17) is 5.84 Å². The monoisotopic (exact) mass is 264 g/mol. The molecule has 1 aromatic heterocycles. The Labute approximate surface area is 109 Å². The number of aromatic nitrogens is 1. The summed E-state index contributed by atoms with van der Waals surface area (Å²) in [5, 5.41) is 2.79. The third-order valence-corrected chi connectivity index (χ3v) is 2.84. The number of nitrogens with one attached hydrogen (secondary N) is 2. The lowest BCUT2D eigenvalue weighted by atomic mass is 10.1. The van der Waals surface area contributed by atoms with Gasteiger partial charge in [-0.25, -0.2) is 19.6 Å². The lowest BCUT2D eigenvalue weighted by molar-refractivity contribution is 0.579. The number of hydrogen-bond donors (Lipinski definition) is 3. The van der Waals surface area contributed by atoms with E-state index in [1.54, 1.807) is 6.07 Å². The molecule has 0 saturated carbocycles. The molecule has 0 unspecified atom stereocenters. The molecule has 1 heterocycles. The van der Waals surface area contributed by atoms with Crippen molar-refractivity contribution in [2.75, 3.05) is 10.7 Å². The van der Waals surface area contributed by atoms with Crippen LogP contribution in [0.3, 0.4) is 0 Å². The highest BCUT2D eigenvalue weighted by Crippen LogP contribution is 2.23. The quantitative estimate of drug-likeness (QED) is 0.589. The van der Waals surface area contributed by atoms with Crippen molar-refractivity contribution in [1.29, 1.82) is 0 Å². The minimum absolute atomic E-state index is 0.0856. The molecule has 0 aliphatic carbocycles. The number of benzene rings is 1. The number of hydrazine groups is 1. The highest BCUT2D eigenvalue weighted by atomic mass is 19.1. The molecule has 19 heavy (non-hydrogen) atoms. The van der Waals surface area contributed by atoms with E-state index in [1.807, 2.05) is 26.0 Å². The maximum Gasteiger partial charge on any atom is 0.178 e. The average molecular weight is 264 g/mol. The van der Waals surface area contributed by atoms with Crippen LogP contribution in [0.15, 0.2) is 24.3 Å². The van der Waals surface area contributed by atoms with Crippen molar-refractivity contribution in [3.63, 3.8) is 0 Å². The van der Waals surface area contributed by atoms with Crippen LogP contribution in [-0.2, 0) is 0 Å². The smallest absolute Gasteiger partial charge is 0.178 e. The van der Waals surface area contributed by atoms with Crippen LogP contribution >= 0.6 is 0 Å². The second kappa shape index (κ2) is 5.19. The summed E-state index contributed by atoms with van der Waals surface area (Å²) in [4.78, 5) is 3.74. The van der Waals surface area contributed by atoms with Gasteiger partial charge in [-0.1, -0.05) is 6.07 Å². The first-order valence-electron chi connectivity index (χ1n) is 5.68. The first kappa shape index (κ1) is 13.2. The zero-order valence-electron chi connectivity index (χ0n) is 10.6. The summed E-state index contributed by atoms with van der Waals surface area (Å²) in [6.45, 7) is 3.92. The van der Waals surface area contributed by atoms with Gasteiger partial charge in [-0.2, -0.15) is 0 Å².